The second-order valence-corrected chi connectivity index (χ2v) is 5.18. The highest BCUT2D eigenvalue weighted by Crippen LogP contribution is 2.25. The molecule has 0 aliphatic heterocycles. The Kier molecular flexibility index (Phi) is 3.30. The lowest BCUT2D eigenvalue weighted by atomic mass is 10.1. The van der Waals surface area contributed by atoms with Crippen molar-refractivity contribution in [3.05, 3.63) is 51.7 Å². The monoisotopic (exact) mass is 231 g/mol. The summed E-state index contributed by atoms with van der Waals surface area (Å²) in [6, 6.07) is 11.2. The topological polar surface area (TPSA) is 12.0 Å². The average molecular weight is 231 g/mol. The smallest absolute Gasteiger partial charge is 0.0578 e. The number of rotatable bonds is 3. The van der Waals surface area contributed by atoms with Gasteiger partial charge in [0, 0.05) is 10.6 Å². The van der Waals surface area contributed by atoms with Crippen LogP contribution in [0, 0.1) is 13.8 Å². The van der Waals surface area contributed by atoms with Gasteiger partial charge in [-0.25, -0.2) is 0 Å². The molecule has 0 saturated heterocycles. The molecule has 0 fully saturated rings. The SMILES string of the molecule is Cc1ccc(C)c(NC(C)c2cccs2)c1. The summed E-state index contributed by atoms with van der Waals surface area (Å²) in [5.41, 5.74) is 3.83. The molecule has 1 nitrogen and oxygen atoms in total. The van der Waals surface area contributed by atoms with Crippen molar-refractivity contribution in [3.63, 3.8) is 0 Å². The largest absolute Gasteiger partial charge is 0.377 e. The third kappa shape index (κ3) is 2.45. The van der Waals surface area contributed by atoms with Crippen molar-refractivity contribution in [3.8, 4) is 0 Å². The summed E-state index contributed by atoms with van der Waals surface area (Å²) in [5.74, 6) is 0. The maximum Gasteiger partial charge on any atom is 0.0578 e. The lowest BCUT2D eigenvalue weighted by molar-refractivity contribution is 0.905. The zero-order chi connectivity index (χ0) is 11.5. The molecule has 0 amide bonds. The van der Waals surface area contributed by atoms with E-state index in [2.05, 4.69) is 61.8 Å². The Bertz CT molecular complexity index is 460. The van der Waals surface area contributed by atoms with Crippen LogP contribution in [0.25, 0.3) is 0 Å². The average Bonchev–Trinajstić information content (AvgIpc) is 2.76. The van der Waals surface area contributed by atoms with Crippen molar-refractivity contribution in [2.24, 2.45) is 0 Å². The fraction of sp³-hybridized carbons (Fsp3) is 0.286. The van der Waals surface area contributed by atoms with E-state index in [4.69, 9.17) is 0 Å². The second-order valence-electron chi connectivity index (χ2n) is 4.20. The summed E-state index contributed by atoms with van der Waals surface area (Å²) in [4.78, 5) is 1.38. The molecule has 1 heterocycles. The van der Waals surface area contributed by atoms with E-state index in [0.717, 1.165) is 0 Å². The van der Waals surface area contributed by atoms with Crippen molar-refractivity contribution in [1.29, 1.82) is 0 Å². The van der Waals surface area contributed by atoms with Crippen LogP contribution in [-0.2, 0) is 0 Å². The lowest BCUT2D eigenvalue weighted by Crippen LogP contribution is -2.06. The van der Waals surface area contributed by atoms with E-state index < -0.39 is 0 Å². The van der Waals surface area contributed by atoms with Crippen LogP contribution < -0.4 is 5.32 Å². The van der Waals surface area contributed by atoms with Crippen molar-refractivity contribution in [1.82, 2.24) is 0 Å². The minimum Gasteiger partial charge on any atom is -0.377 e. The Balaban J connectivity index is 2.17. The van der Waals surface area contributed by atoms with E-state index in [-0.39, 0.29) is 0 Å². The molecular weight excluding hydrogens is 214 g/mol. The summed E-state index contributed by atoms with van der Waals surface area (Å²) < 4.78 is 0. The highest BCUT2D eigenvalue weighted by atomic mass is 32.1. The van der Waals surface area contributed by atoms with Crippen LogP contribution in [0.2, 0.25) is 0 Å². The van der Waals surface area contributed by atoms with Crippen LogP contribution in [0.1, 0.15) is 29.0 Å². The number of thiophene rings is 1. The van der Waals surface area contributed by atoms with Crippen LogP contribution in [-0.4, -0.2) is 0 Å². The third-order valence-electron chi connectivity index (χ3n) is 2.74. The zero-order valence-electron chi connectivity index (χ0n) is 9.95. The molecule has 16 heavy (non-hydrogen) atoms. The van der Waals surface area contributed by atoms with E-state index in [0.29, 0.717) is 6.04 Å². The first-order valence-electron chi connectivity index (χ1n) is 5.54. The molecule has 84 valence electrons. The molecule has 0 aliphatic rings. The summed E-state index contributed by atoms with van der Waals surface area (Å²) in [6.45, 7) is 6.47. The molecule has 1 aromatic carbocycles. The molecule has 0 saturated carbocycles. The minimum atomic E-state index is 0.375. The quantitative estimate of drug-likeness (QED) is 0.818. The molecular formula is C14H17NS. The summed E-state index contributed by atoms with van der Waals surface area (Å²) in [7, 11) is 0. The number of anilines is 1. The lowest BCUT2D eigenvalue weighted by Gasteiger charge is -2.16. The van der Waals surface area contributed by atoms with E-state index in [1.807, 2.05) is 0 Å². The van der Waals surface area contributed by atoms with Gasteiger partial charge < -0.3 is 5.32 Å². The van der Waals surface area contributed by atoms with E-state index in [9.17, 15) is 0 Å². The molecule has 2 heteroatoms. The van der Waals surface area contributed by atoms with Gasteiger partial charge in [0.15, 0.2) is 0 Å². The molecule has 0 aliphatic carbocycles. The van der Waals surface area contributed by atoms with Gasteiger partial charge in [0.05, 0.1) is 6.04 Å². The van der Waals surface area contributed by atoms with E-state index >= 15 is 0 Å². The highest BCUT2D eigenvalue weighted by Gasteiger charge is 2.07. The molecule has 0 radical (unpaired) electrons. The van der Waals surface area contributed by atoms with Gasteiger partial charge in [-0.15, -0.1) is 11.3 Å². The van der Waals surface area contributed by atoms with E-state index in [1.165, 1.54) is 21.7 Å². The molecule has 1 unspecified atom stereocenters. The summed E-state index contributed by atoms with van der Waals surface area (Å²) >= 11 is 1.80. The standard InChI is InChI=1S/C14H17NS/c1-10-6-7-11(2)13(9-10)15-12(3)14-5-4-8-16-14/h4-9,12,15H,1-3H3. The van der Waals surface area contributed by atoms with Crippen LogP contribution in [0.15, 0.2) is 35.7 Å². The number of hydrogen-bond donors (Lipinski definition) is 1. The molecule has 0 spiro atoms. The Labute approximate surface area is 101 Å². The van der Waals surface area contributed by atoms with Crippen LogP contribution >= 0.6 is 11.3 Å². The van der Waals surface area contributed by atoms with Gasteiger partial charge in [0.2, 0.25) is 0 Å². The molecule has 1 N–H and O–H groups in total. The summed E-state index contributed by atoms with van der Waals surface area (Å²) in [6.07, 6.45) is 0. The van der Waals surface area contributed by atoms with Crippen molar-refractivity contribution >= 4 is 17.0 Å². The number of nitrogens with one attached hydrogen (secondary N) is 1. The predicted molar refractivity (Wildman–Crippen MR) is 72.3 cm³/mol. The van der Waals surface area contributed by atoms with Crippen LogP contribution in [0.5, 0.6) is 0 Å². The van der Waals surface area contributed by atoms with Gasteiger partial charge in [-0.3, -0.25) is 0 Å². The zero-order valence-corrected chi connectivity index (χ0v) is 10.8. The molecule has 0 bridgehead atoms. The fourth-order valence-corrected chi connectivity index (χ4v) is 2.47. The van der Waals surface area contributed by atoms with Gasteiger partial charge in [-0.2, -0.15) is 0 Å². The number of benzene rings is 1. The predicted octanol–water partition coefficient (Wildman–Crippen LogP) is 4.54. The van der Waals surface area contributed by atoms with Gasteiger partial charge in [-0.05, 0) is 49.4 Å². The van der Waals surface area contributed by atoms with Crippen LogP contribution in [0.3, 0.4) is 0 Å². The summed E-state index contributed by atoms with van der Waals surface area (Å²) in [5, 5.41) is 5.69. The van der Waals surface area contributed by atoms with Gasteiger partial charge in [-0.1, -0.05) is 18.2 Å². The molecule has 1 aromatic heterocycles. The van der Waals surface area contributed by atoms with Crippen molar-refractivity contribution < 1.29 is 0 Å². The Morgan fingerprint density at radius 3 is 2.69 bits per heavy atom. The first kappa shape index (κ1) is 11.2. The molecule has 2 rings (SSSR count). The van der Waals surface area contributed by atoms with Crippen molar-refractivity contribution in [2.45, 2.75) is 26.8 Å². The Hall–Kier alpha value is -1.28. The highest BCUT2D eigenvalue weighted by molar-refractivity contribution is 7.10. The maximum absolute atomic E-state index is 3.56. The Morgan fingerprint density at radius 2 is 2.00 bits per heavy atom. The normalized spacial score (nSPS) is 12.4. The van der Waals surface area contributed by atoms with Gasteiger partial charge in [0.1, 0.15) is 0 Å². The number of aryl methyl sites for hydroxylation is 2. The maximum atomic E-state index is 3.56. The van der Waals surface area contributed by atoms with Crippen LogP contribution in [0.4, 0.5) is 5.69 Å². The van der Waals surface area contributed by atoms with Gasteiger partial charge in [0.25, 0.3) is 0 Å². The fourth-order valence-electron chi connectivity index (χ4n) is 1.73. The van der Waals surface area contributed by atoms with Gasteiger partial charge >= 0.3 is 0 Å². The first-order chi connectivity index (χ1) is 7.66. The number of hydrogen-bond acceptors (Lipinski definition) is 2. The van der Waals surface area contributed by atoms with E-state index in [1.54, 1.807) is 11.3 Å². The Morgan fingerprint density at radius 1 is 1.19 bits per heavy atom. The minimum absolute atomic E-state index is 0.375. The molecule has 2 aromatic rings. The first-order valence-corrected chi connectivity index (χ1v) is 6.42. The third-order valence-corrected chi connectivity index (χ3v) is 3.79. The second kappa shape index (κ2) is 4.71. The van der Waals surface area contributed by atoms with Crippen molar-refractivity contribution in [2.75, 3.05) is 5.32 Å². The molecule has 1 atom stereocenters.